The van der Waals surface area contributed by atoms with Crippen molar-refractivity contribution in [3.8, 4) is 5.75 Å². The number of aryl methyl sites for hydroxylation is 1. The van der Waals surface area contributed by atoms with Gasteiger partial charge in [0.2, 0.25) is 0 Å². The third-order valence-electron chi connectivity index (χ3n) is 5.05. The Balaban J connectivity index is 1.72. The van der Waals surface area contributed by atoms with E-state index < -0.39 is 6.10 Å². The van der Waals surface area contributed by atoms with Crippen molar-refractivity contribution in [2.45, 2.75) is 51.2 Å². The Labute approximate surface area is 154 Å². The van der Waals surface area contributed by atoms with Gasteiger partial charge in [-0.2, -0.15) is 0 Å². The number of nitrogens with one attached hydrogen (secondary N) is 1. The number of carbonyl (C=O) groups excluding carboxylic acids is 1. The summed E-state index contributed by atoms with van der Waals surface area (Å²) in [4.78, 5) is 16.8. The normalized spacial score (nSPS) is 19.8. The van der Waals surface area contributed by atoms with Gasteiger partial charge in [-0.3, -0.25) is 9.78 Å². The van der Waals surface area contributed by atoms with Crippen LogP contribution in [0.1, 0.15) is 52.9 Å². The molecule has 2 aromatic rings. The number of methoxy groups -OCH3 is 1. The third-order valence-corrected chi connectivity index (χ3v) is 5.05. The Kier molecular flexibility index (Phi) is 5.89. The Morgan fingerprint density at radius 1 is 1.27 bits per heavy atom. The van der Waals surface area contributed by atoms with Gasteiger partial charge in [0.05, 0.1) is 19.3 Å². The van der Waals surface area contributed by atoms with E-state index in [4.69, 9.17) is 4.74 Å². The molecule has 5 nitrogen and oxygen atoms in total. The molecule has 26 heavy (non-hydrogen) atoms. The van der Waals surface area contributed by atoms with Gasteiger partial charge < -0.3 is 15.2 Å². The zero-order chi connectivity index (χ0) is 18.5. The summed E-state index contributed by atoms with van der Waals surface area (Å²) >= 11 is 0. The third kappa shape index (κ3) is 4.41. The fraction of sp³-hybridized carbons (Fsp3) is 0.429. The van der Waals surface area contributed by atoms with Crippen LogP contribution in [0, 0.1) is 6.92 Å². The summed E-state index contributed by atoms with van der Waals surface area (Å²) in [5.41, 5.74) is 3.67. The van der Waals surface area contributed by atoms with Gasteiger partial charge in [0, 0.05) is 6.20 Å². The molecule has 1 aliphatic rings. The smallest absolute Gasteiger partial charge is 0.270 e. The average Bonchev–Trinajstić information content (AvgIpc) is 2.66. The van der Waals surface area contributed by atoms with Crippen molar-refractivity contribution >= 4 is 5.91 Å². The molecule has 0 unspecified atom stereocenters. The second-order valence-electron chi connectivity index (χ2n) is 6.95. The summed E-state index contributed by atoms with van der Waals surface area (Å²) in [7, 11) is 1.65. The van der Waals surface area contributed by atoms with Gasteiger partial charge in [-0.05, 0) is 61.1 Å². The van der Waals surface area contributed by atoms with E-state index in [0.29, 0.717) is 5.69 Å². The van der Waals surface area contributed by atoms with Crippen LogP contribution in [-0.2, 0) is 6.42 Å². The van der Waals surface area contributed by atoms with Crippen molar-refractivity contribution in [3.63, 3.8) is 0 Å². The molecule has 3 rings (SSSR count). The zero-order valence-electron chi connectivity index (χ0n) is 15.4. The summed E-state index contributed by atoms with van der Waals surface area (Å²) in [6.45, 7) is 2.00. The van der Waals surface area contributed by atoms with Gasteiger partial charge >= 0.3 is 0 Å². The predicted octanol–water partition coefficient (Wildman–Crippen LogP) is 3.02. The van der Waals surface area contributed by atoms with Crippen LogP contribution < -0.4 is 10.1 Å². The number of amides is 1. The zero-order valence-corrected chi connectivity index (χ0v) is 15.4. The quantitative estimate of drug-likeness (QED) is 0.866. The highest BCUT2D eigenvalue weighted by atomic mass is 16.5. The minimum Gasteiger partial charge on any atom is -0.497 e. The number of ether oxygens (including phenoxy) is 1. The minimum absolute atomic E-state index is 0.176. The van der Waals surface area contributed by atoms with Crippen molar-refractivity contribution in [2.24, 2.45) is 0 Å². The van der Waals surface area contributed by atoms with Crippen molar-refractivity contribution in [1.82, 2.24) is 10.3 Å². The highest BCUT2D eigenvalue weighted by Gasteiger charge is 2.25. The molecule has 0 saturated heterocycles. The van der Waals surface area contributed by atoms with Crippen LogP contribution in [0.4, 0.5) is 0 Å². The molecule has 1 saturated carbocycles. The molecule has 0 spiro atoms. The largest absolute Gasteiger partial charge is 0.497 e. The number of hydrogen-bond donors (Lipinski definition) is 2. The number of pyridine rings is 1. The fourth-order valence-corrected chi connectivity index (χ4v) is 3.37. The molecule has 0 radical (unpaired) electrons. The van der Waals surface area contributed by atoms with E-state index in [1.165, 1.54) is 0 Å². The Morgan fingerprint density at radius 2 is 2.00 bits per heavy atom. The van der Waals surface area contributed by atoms with Gasteiger partial charge in [-0.15, -0.1) is 0 Å². The summed E-state index contributed by atoms with van der Waals surface area (Å²) in [5.74, 6) is 0.609. The summed E-state index contributed by atoms with van der Waals surface area (Å²) in [6.07, 6.45) is 5.62. The molecular weight excluding hydrogens is 328 g/mol. The topological polar surface area (TPSA) is 71.5 Å². The Morgan fingerprint density at radius 3 is 2.69 bits per heavy atom. The van der Waals surface area contributed by atoms with Crippen LogP contribution in [0.15, 0.2) is 36.5 Å². The second-order valence-corrected chi connectivity index (χ2v) is 6.95. The summed E-state index contributed by atoms with van der Waals surface area (Å²) in [5, 5.41) is 13.0. The first-order chi connectivity index (χ1) is 12.6. The van der Waals surface area contributed by atoms with Crippen LogP contribution in [0.25, 0.3) is 0 Å². The first kappa shape index (κ1) is 18.4. The lowest BCUT2D eigenvalue weighted by atomic mass is 9.92. The van der Waals surface area contributed by atoms with Crippen molar-refractivity contribution < 1.29 is 14.6 Å². The molecule has 2 atom stereocenters. The fourth-order valence-electron chi connectivity index (χ4n) is 3.37. The molecule has 1 aliphatic carbocycles. The molecule has 0 aliphatic heterocycles. The molecule has 1 fully saturated rings. The maximum atomic E-state index is 12.6. The molecular formula is C21H26N2O3. The number of hydrogen-bond acceptors (Lipinski definition) is 4. The average molecular weight is 354 g/mol. The lowest BCUT2D eigenvalue weighted by molar-refractivity contribution is 0.0713. The van der Waals surface area contributed by atoms with Crippen LogP contribution in [0.3, 0.4) is 0 Å². The standard InChI is InChI=1S/C21H26N2O3/c1-14-13-22-19(21(25)23-18-5-3-4-6-20(18)24)12-16(14)11-15-7-9-17(26-2)10-8-15/h7-10,12-13,18,20,24H,3-6,11H2,1-2H3,(H,23,25)/t18-,20-/m0/s1. The number of aliphatic hydroxyl groups excluding tert-OH is 1. The summed E-state index contributed by atoms with van der Waals surface area (Å²) in [6, 6.07) is 9.59. The first-order valence-electron chi connectivity index (χ1n) is 9.14. The maximum absolute atomic E-state index is 12.6. The summed E-state index contributed by atoms with van der Waals surface area (Å²) < 4.78 is 5.19. The van der Waals surface area contributed by atoms with Gasteiger partial charge in [-0.25, -0.2) is 0 Å². The van der Waals surface area contributed by atoms with Gasteiger partial charge in [0.15, 0.2) is 0 Å². The van der Waals surface area contributed by atoms with Crippen LogP contribution >= 0.6 is 0 Å². The van der Waals surface area contributed by atoms with E-state index in [0.717, 1.165) is 54.5 Å². The molecule has 1 aromatic heterocycles. The number of benzene rings is 1. The molecule has 5 heteroatoms. The van der Waals surface area contributed by atoms with Crippen LogP contribution in [0.5, 0.6) is 5.75 Å². The SMILES string of the molecule is COc1ccc(Cc2cc(C(=O)N[C@H]3CCCC[C@@H]3O)ncc2C)cc1. The van der Waals surface area contributed by atoms with Gasteiger partial charge in [-0.1, -0.05) is 25.0 Å². The highest BCUT2D eigenvalue weighted by Crippen LogP contribution is 2.20. The second kappa shape index (κ2) is 8.32. The Bertz CT molecular complexity index is 758. The number of carbonyl (C=O) groups is 1. The molecule has 2 N–H and O–H groups in total. The lowest BCUT2D eigenvalue weighted by Crippen LogP contribution is -2.45. The number of aromatic nitrogens is 1. The lowest BCUT2D eigenvalue weighted by Gasteiger charge is -2.28. The van der Waals surface area contributed by atoms with Crippen molar-refractivity contribution in [3.05, 3.63) is 58.9 Å². The van der Waals surface area contributed by atoms with E-state index in [-0.39, 0.29) is 11.9 Å². The van der Waals surface area contributed by atoms with E-state index in [1.54, 1.807) is 13.3 Å². The van der Waals surface area contributed by atoms with Gasteiger partial charge in [0.1, 0.15) is 11.4 Å². The monoisotopic (exact) mass is 354 g/mol. The highest BCUT2D eigenvalue weighted by molar-refractivity contribution is 5.92. The van der Waals surface area contributed by atoms with E-state index in [9.17, 15) is 9.90 Å². The number of aliphatic hydroxyl groups is 1. The number of rotatable bonds is 5. The van der Waals surface area contributed by atoms with E-state index in [2.05, 4.69) is 10.3 Å². The molecule has 138 valence electrons. The first-order valence-corrected chi connectivity index (χ1v) is 9.14. The molecule has 0 bridgehead atoms. The minimum atomic E-state index is -0.461. The Hall–Kier alpha value is -2.40. The van der Waals surface area contributed by atoms with Crippen molar-refractivity contribution in [1.29, 1.82) is 0 Å². The number of nitrogens with zero attached hydrogens (tertiary/aromatic N) is 1. The van der Waals surface area contributed by atoms with Gasteiger partial charge in [0.25, 0.3) is 5.91 Å². The molecule has 1 amide bonds. The van der Waals surface area contributed by atoms with E-state index >= 15 is 0 Å². The van der Waals surface area contributed by atoms with Crippen LogP contribution in [0.2, 0.25) is 0 Å². The molecule has 1 aromatic carbocycles. The van der Waals surface area contributed by atoms with Crippen LogP contribution in [-0.4, -0.2) is 35.3 Å². The molecule has 1 heterocycles. The van der Waals surface area contributed by atoms with Crippen molar-refractivity contribution in [2.75, 3.05) is 7.11 Å². The maximum Gasteiger partial charge on any atom is 0.270 e. The predicted molar refractivity (Wildman–Crippen MR) is 101 cm³/mol. The van der Waals surface area contributed by atoms with E-state index in [1.807, 2.05) is 37.3 Å².